The van der Waals surface area contributed by atoms with E-state index in [9.17, 15) is 4.39 Å². The number of rotatable bonds is 4. The number of methoxy groups -OCH3 is 1. The predicted octanol–water partition coefficient (Wildman–Crippen LogP) is 3.03. The van der Waals surface area contributed by atoms with E-state index in [0.717, 1.165) is 24.8 Å². The molecule has 1 atom stereocenters. The molecule has 2 rings (SSSR count). The van der Waals surface area contributed by atoms with Gasteiger partial charge in [0.1, 0.15) is 0 Å². The van der Waals surface area contributed by atoms with Gasteiger partial charge in [-0.2, -0.15) is 0 Å². The van der Waals surface area contributed by atoms with Crippen LogP contribution in [0.5, 0.6) is 5.75 Å². The van der Waals surface area contributed by atoms with Gasteiger partial charge in [-0.05, 0) is 37.0 Å². The minimum atomic E-state index is -0.296. The standard InChI is InChI=1S/C14H18FNO/c1-17-14-8-7-11(9-13(14)15)10-16-12-5-3-2-4-6-12/h2-3,7-9,12,16H,4-6,10H2,1H3. The fourth-order valence-electron chi connectivity index (χ4n) is 2.06. The number of nitrogens with one attached hydrogen (secondary N) is 1. The molecule has 1 unspecified atom stereocenters. The van der Waals surface area contributed by atoms with E-state index in [1.54, 1.807) is 6.07 Å². The molecule has 0 amide bonds. The summed E-state index contributed by atoms with van der Waals surface area (Å²) in [5.41, 5.74) is 0.956. The summed E-state index contributed by atoms with van der Waals surface area (Å²) in [6.07, 6.45) is 7.78. The topological polar surface area (TPSA) is 21.3 Å². The van der Waals surface area contributed by atoms with Gasteiger partial charge in [0.05, 0.1) is 7.11 Å². The Morgan fingerprint density at radius 1 is 1.41 bits per heavy atom. The smallest absolute Gasteiger partial charge is 0.165 e. The third-order valence-electron chi connectivity index (χ3n) is 3.08. The molecule has 0 spiro atoms. The van der Waals surface area contributed by atoms with Gasteiger partial charge in [-0.25, -0.2) is 4.39 Å². The van der Waals surface area contributed by atoms with Crippen LogP contribution in [-0.4, -0.2) is 13.2 Å². The summed E-state index contributed by atoms with van der Waals surface area (Å²) in [5, 5.41) is 3.44. The highest BCUT2D eigenvalue weighted by molar-refractivity contribution is 5.29. The van der Waals surface area contributed by atoms with Gasteiger partial charge >= 0.3 is 0 Å². The van der Waals surface area contributed by atoms with E-state index in [1.807, 2.05) is 6.07 Å². The summed E-state index contributed by atoms with van der Waals surface area (Å²) in [5.74, 6) is 0.00434. The summed E-state index contributed by atoms with van der Waals surface area (Å²) in [7, 11) is 1.48. The summed E-state index contributed by atoms with van der Waals surface area (Å²) >= 11 is 0. The van der Waals surface area contributed by atoms with Crippen LogP contribution in [0.3, 0.4) is 0 Å². The molecule has 1 aliphatic rings. The molecule has 1 aromatic rings. The summed E-state index contributed by atoms with van der Waals surface area (Å²) < 4.78 is 18.3. The molecule has 0 radical (unpaired) electrons. The first-order valence-corrected chi connectivity index (χ1v) is 6.00. The van der Waals surface area contributed by atoms with E-state index in [4.69, 9.17) is 4.74 Å². The van der Waals surface area contributed by atoms with Crippen LogP contribution in [0, 0.1) is 5.82 Å². The molecule has 0 saturated heterocycles. The third kappa shape index (κ3) is 3.30. The Labute approximate surface area is 101 Å². The van der Waals surface area contributed by atoms with Crippen molar-refractivity contribution in [2.45, 2.75) is 31.8 Å². The fraction of sp³-hybridized carbons (Fsp3) is 0.429. The van der Waals surface area contributed by atoms with E-state index in [0.29, 0.717) is 18.3 Å². The average Bonchev–Trinajstić information content (AvgIpc) is 2.38. The molecule has 17 heavy (non-hydrogen) atoms. The van der Waals surface area contributed by atoms with Gasteiger partial charge in [-0.15, -0.1) is 0 Å². The molecule has 2 nitrogen and oxygen atoms in total. The van der Waals surface area contributed by atoms with Gasteiger partial charge in [0.2, 0.25) is 0 Å². The number of allylic oxidation sites excluding steroid dienone is 1. The maximum Gasteiger partial charge on any atom is 0.165 e. The molecule has 92 valence electrons. The largest absolute Gasteiger partial charge is 0.494 e. The van der Waals surface area contributed by atoms with Gasteiger partial charge in [-0.1, -0.05) is 18.2 Å². The zero-order valence-corrected chi connectivity index (χ0v) is 10.1. The van der Waals surface area contributed by atoms with E-state index in [2.05, 4.69) is 17.5 Å². The second-order valence-electron chi connectivity index (χ2n) is 4.33. The molecule has 0 saturated carbocycles. The molecule has 0 heterocycles. The highest BCUT2D eigenvalue weighted by Crippen LogP contribution is 2.18. The molecule has 0 aromatic heterocycles. The van der Waals surface area contributed by atoms with Crippen molar-refractivity contribution in [3.8, 4) is 5.75 Å². The minimum Gasteiger partial charge on any atom is -0.494 e. The van der Waals surface area contributed by atoms with Crippen molar-refractivity contribution in [1.29, 1.82) is 0 Å². The molecule has 1 aliphatic carbocycles. The SMILES string of the molecule is COc1ccc(CNC2CC=CCC2)cc1F. The lowest BCUT2D eigenvalue weighted by Gasteiger charge is -2.19. The zero-order valence-electron chi connectivity index (χ0n) is 10.1. The molecule has 1 N–H and O–H groups in total. The second-order valence-corrected chi connectivity index (χ2v) is 4.33. The Balaban J connectivity index is 1.90. The summed E-state index contributed by atoms with van der Waals surface area (Å²) in [6.45, 7) is 0.708. The van der Waals surface area contributed by atoms with Gasteiger partial charge in [0.25, 0.3) is 0 Å². The lowest BCUT2D eigenvalue weighted by molar-refractivity contribution is 0.385. The first kappa shape index (κ1) is 12.1. The van der Waals surface area contributed by atoms with Crippen LogP contribution in [-0.2, 0) is 6.54 Å². The lowest BCUT2D eigenvalue weighted by Crippen LogP contribution is -2.29. The molecule has 0 fully saturated rings. The quantitative estimate of drug-likeness (QED) is 0.810. The van der Waals surface area contributed by atoms with Gasteiger partial charge in [0.15, 0.2) is 11.6 Å². The van der Waals surface area contributed by atoms with Crippen molar-refractivity contribution >= 4 is 0 Å². The molecule has 3 heteroatoms. The van der Waals surface area contributed by atoms with Crippen LogP contribution < -0.4 is 10.1 Å². The normalized spacial score (nSPS) is 19.3. The maximum absolute atomic E-state index is 13.5. The Bertz CT molecular complexity index is 403. The van der Waals surface area contributed by atoms with Crippen molar-refractivity contribution in [2.75, 3.05) is 7.11 Å². The van der Waals surface area contributed by atoms with Crippen LogP contribution in [0.25, 0.3) is 0 Å². The van der Waals surface area contributed by atoms with Crippen LogP contribution in [0.2, 0.25) is 0 Å². The van der Waals surface area contributed by atoms with Crippen molar-refractivity contribution in [1.82, 2.24) is 5.32 Å². The second kappa shape index (κ2) is 5.82. The number of hydrogen-bond donors (Lipinski definition) is 1. The maximum atomic E-state index is 13.5. The molecule has 0 aliphatic heterocycles. The van der Waals surface area contributed by atoms with E-state index in [1.165, 1.54) is 13.2 Å². The average molecular weight is 235 g/mol. The minimum absolute atomic E-state index is 0.296. The number of hydrogen-bond acceptors (Lipinski definition) is 2. The Morgan fingerprint density at radius 3 is 2.94 bits per heavy atom. The monoisotopic (exact) mass is 235 g/mol. The number of benzene rings is 1. The number of ether oxygens (including phenoxy) is 1. The van der Waals surface area contributed by atoms with E-state index in [-0.39, 0.29) is 5.82 Å². The van der Waals surface area contributed by atoms with E-state index >= 15 is 0 Å². The first-order chi connectivity index (χ1) is 8.29. The van der Waals surface area contributed by atoms with Gasteiger partial charge in [0, 0.05) is 12.6 Å². The molecule has 1 aromatic carbocycles. The first-order valence-electron chi connectivity index (χ1n) is 6.00. The Kier molecular flexibility index (Phi) is 4.15. The van der Waals surface area contributed by atoms with Crippen molar-refractivity contribution in [2.24, 2.45) is 0 Å². The highest BCUT2D eigenvalue weighted by atomic mass is 19.1. The van der Waals surface area contributed by atoms with Crippen LogP contribution >= 0.6 is 0 Å². The summed E-state index contributed by atoms with van der Waals surface area (Å²) in [4.78, 5) is 0. The Morgan fingerprint density at radius 2 is 2.29 bits per heavy atom. The van der Waals surface area contributed by atoms with Crippen LogP contribution in [0.4, 0.5) is 4.39 Å². The lowest BCUT2D eigenvalue weighted by atomic mass is 10.0. The van der Waals surface area contributed by atoms with Crippen LogP contribution in [0.15, 0.2) is 30.4 Å². The van der Waals surface area contributed by atoms with Crippen molar-refractivity contribution in [3.63, 3.8) is 0 Å². The van der Waals surface area contributed by atoms with Gasteiger partial charge < -0.3 is 10.1 Å². The van der Waals surface area contributed by atoms with E-state index < -0.39 is 0 Å². The zero-order chi connectivity index (χ0) is 12.1. The molecular weight excluding hydrogens is 217 g/mol. The predicted molar refractivity (Wildman–Crippen MR) is 66.6 cm³/mol. The number of halogens is 1. The fourth-order valence-corrected chi connectivity index (χ4v) is 2.06. The highest BCUT2D eigenvalue weighted by Gasteiger charge is 2.09. The van der Waals surface area contributed by atoms with Crippen molar-refractivity contribution in [3.05, 3.63) is 41.7 Å². The van der Waals surface area contributed by atoms with Crippen LogP contribution in [0.1, 0.15) is 24.8 Å². The Hall–Kier alpha value is -1.35. The molecule has 0 bridgehead atoms. The van der Waals surface area contributed by atoms with Crippen molar-refractivity contribution < 1.29 is 9.13 Å². The third-order valence-corrected chi connectivity index (χ3v) is 3.08. The van der Waals surface area contributed by atoms with Gasteiger partial charge in [-0.3, -0.25) is 0 Å². The summed E-state index contributed by atoms with van der Waals surface area (Å²) in [6, 6.07) is 5.62. The molecular formula is C14H18FNO.